The van der Waals surface area contributed by atoms with Crippen LogP contribution in [0.25, 0.3) is 0 Å². The van der Waals surface area contributed by atoms with E-state index in [4.69, 9.17) is 9.84 Å². The second-order valence-electron chi connectivity index (χ2n) is 4.03. The van der Waals surface area contributed by atoms with Gasteiger partial charge in [0.15, 0.2) is 0 Å². The third-order valence-corrected chi connectivity index (χ3v) is 3.31. The number of carboxylic acids is 1. The Morgan fingerprint density at radius 1 is 1.45 bits per heavy atom. The molecule has 0 aliphatic heterocycles. The molecule has 0 saturated carbocycles. The van der Waals surface area contributed by atoms with Gasteiger partial charge in [-0.25, -0.2) is 4.79 Å². The molecule has 0 aliphatic carbocycles. The zero-order chi connectivity index (χ0) is 15.1. The van der Waals surface area contributed by atoms with Crippen molar-refractivity contribution in [2.24, 2.45) is 0 Å². The normalized spacial score (nSPS) is 11.7. The van der Waals surface area contributed by atoms with Crippen LogP contribution in [0.2, 0.25) is 0 Å². The van der Waals surface area contributed by atoms with E-state index in [0.29, 0.717) is 17.9 Å². The summed E-state index contributed by atoms with van der Waals surface area (Å²) in [5.41, 5.74) is 0.0150. The maximum Gasteiger partial charge on any atom is 0.326 e. The number of aliphatic carboxylic acids is 1. The molecule has 0 spiro atoms. The fraction of sp³-hybridized carbons (Fsp3) is 0.385. The van der Waals surface area contributed by atoms with Crippen molar-refractivity contribution in [1.29, 1.82) is 0 Å². The number of phenolic OH excluding ortho intramolecular Hbond substituents is 1. The summed E-state index contributed by atoms with van der Waals surface area (Å²) in [6.07, 6.45) is 2.18. The van der Waals surface area contributed by atoms with Crippen molar-refractivity contribution in [3.63, 3.8) is 0 Å². The summed E-state index contributed by atoms with van der Waals surface area (Å²) in [5, 5.41) is 21.2. The van der Waals surface area contributed by atoms with Gasteiger partial charge >= 0.3 is 5.97 Å². The summed E-state index contributed by atoms with van der Waals surface area (Å²) in [5.74, 6) is -0.947. The van der Waals surface area contributed by atoms with E-state index < -0.39 is 17.9 Å². The smallest absolute Gasteiger partial charge is 0.326 e. The van der Waals surface area contributed by atoms with E-state index in [2.05, 4.69) is 5.32 Å². The largest absolute Gasteiger partial charge is 0.507 e. The molecule has 7 heteroatoms. The van der Waals surface area contributed by atoms with Gasteiger partial charge in [-0.1, -0.05) is 0 Å². The predicted molar refractivity (Wildman–Crippen MR) is 76.5 cm³/mol. The Morgan fingerprint density at radius 2 is 2.15 bits per heavy atom. The van der Waals surface area contributed by atoms with Gasteiger partial charge in [-0.3, -0.25) is 4.79 Å². The summed E-state index contributed by atoms with van der Waals surface area (Å²) in [6.45, 7) is 0. The van der Waals surface area contributed by atoms with Crippen LogP contribution in [-0.4, -0.2) is 47.2 Å². The van der Waals surface area contributed by atoms with Crippen molar-refractivity contribution < 1.29 is 24.5 Å². The zero-order valence-electron chi connectivity index (χ0n) is 11.3. The molecule has 3 N–H and O–H groups in total. The Morgan fingerprint density at radius 3 is 2.65 bits per heavy atom. The predicted octanol–water partition coefficient (Wildman–Crippen LogP) is 1.34. The topological polar surface area (TPSA) is 95.9 Å². The number of carboxylic acid groups (broad SMARTS) is 1. The van der Waals surface area contributed by atoms with Crippen LogP contribution in [0.3, 0.4) is 0 Å². The molecule has 0 fully saturated rings. The van der Waals surface area contributed by atoms with Gasteiger partial charge in [-0.15, -0.1) is 0 Å². The number of thioether (sulfide) groups is 1. The molecule has 1 rings (SSSR count). The fourth-order valence-corrected chi connectivity index (χ4v) is 2.03. The van der Waals surface area contributed by atoms with E-state index >= 15 is 0 Å². The van der Waals surface area contributed by atoms with Crippen LogP contribution >= 0.6 is 11.8 Å². The number of hydrogen-bond donors (Lipinski definition) is 3. The van der Waals surface area contributed by atoms with Crippen LogP contribution < -0.4 is 10.1 Å². The Bertz CT molecular complexity index is 492. The van der Waals surface area contributed by atoms with Crippen molar-refractivity contribution in [2.75, 3.05) is 19.1 Å². The van der Waals surface area contributed by atoms with E-state index in [1.54, 1.807) is 0 Å². The van der Waals surface area contributed by atoms with Gasteiger partial charge in [-0.05, 0) is 30.6 Å². The lowest BCUT2D eigenvalue weighted by molar-refractivity contribution is -0.139. The highest BCUT2D eigenvalue weighted by molar-refractivity contribution is 7.98. The Kier molecular flexibility index (Phi) is 6.17. The number of ether oxygens (including phenoxy) is 1. The van der Waals surface area contributed by atoms with Crippen LogP contribution in [0.1, 0.15) is 16.8 Å². The first-order valence-corrected chi connectivity index (χ1v) is 7.28. The molecule has 0 saturated heterocycles. The molecule has 0 heterocycles. The molecule has 20 heavy (non-hydrogen) atoms. The van der Waals surface area contributed by atoms with Gasteiger partial charge in [0.2, 0.25) is 0 Å². The molecule has 0 radical (unpaired) electrons. The highest BCUT2D eigenvalue weighted by Gasteiger charge is 2.21. The standard InChI is InChI=1S/C13H17NO5S/c1-19-8-3-4-9(11(15)7-8)12(16)14-10(13(17)18)5-6-20-2/h3-4,7,10,15H,5-6H2,1-2H3,(H,14,16)(H,17,18). The summed E-state index contributed by atoms with van der Waals surface area (Å²) in [6, 6.07) is 3.23. The van der Waals surface area contributed by atoms with Gasteiger partial charge in [0.1, 0.15) is 17.5 Å². The molecule has 1 amide bonds. The summed E-state index contributed by atoms with van der Waals surface area (Å²) < 4.78 is 4.91. The number of carbonyl (C=O) groups is 2. The minimum Gasteiger partial charge on any atom is -0.507 e. The van der Waals surface area contributed by atoms with Crippen molar-refractivity contribution >= 4 is 23.6 Å². The molecule has 110 valence electrons. The molecule has 0 bridgehead atoms. The lowest BCUT2D eigenvalue weighted by Gasteiger charge is -2.14. The van der Waals surface area contributed by atoms with Gasteiger partial charge < -0.3 is 20.3 Å². The SMILES string of the molecule is COc1ccc(C(=O)NC(CCSC)C(=O)O)c(O)c1. The van der Waals surface area contributed by atoms with Crippen molar-refractivity contribution in [3.05, 3.63) is 23.8 Å². The Balaban J connectivity index is 2.80. The molecule has 0 aromatic heterocycles. The number of nitrogens with one attached hydrogen (secondary N) is 1. The molecular formula is C13H17NO5S. The third-order valence-electron chi connectivity index (χ3n) is 2.66. The monoisotopic (exact) mass is 299 g/mol. The van der Waals surface area contributed by atoms with E-state index in [1.165, 1.54) is 37.1 Å². The molecule has 1 aromatic rings. The average molecular weight is 299 g/mol. The second kappa shape index (κ2) is 7.64. The van der Waals surface area contributed by atoms with E-state index in [9.17, 15) is 14.7 Å². The minimum absolute atomic E-state index is 0.0150. The first-order valence-electron chi connectivity index (χ1n) is 5.89. The second-order valence-corrected chi connectivity index (χ2v) is 5.01. The van der Waals surface area contributed by atoms with E-state index in [-0.39, 0.29) is 11.3 Å². The molecule has 1 atom stereocenters. The number of phenols is 1. The van der Waals surface area contributed by atoms with Crippen LogP contribution in [0.4, 0.5) is 0 Å². The maximum absolute atomic E-state index is 12.0. The molecular weight excluding hydrogens is 282 g/mol. The summed E-state index contributed by atoms with van der Waals surface area (Å²) >= 11 is 1.50. The summed E-state index contributed by atoms with van der Waals surface area (Å²) in [7, 11) is 1.44. The van der Waals surface area contributed by atoms with Crippen LogP contribution in [0.15, 0.2) is 18.2 Å². The number of benzene rings is 1. The van der Waals surface area contributed by atoms with Gasteiger partial charge in [0.25, 0.3) is 5.91 Å². The van der Waals surface area contributed by atoms with Crippen LogP contribution in [-0.2, 0) is 4.79 Å². The molecule has 1 aromatic carbocycles. The fourth-order valence-electron chi connectivity index (χ4n) is 1.56. The maximum atomic E-state index is 12.0. The zero-order valence-corrected chi connectivity index (χ0v) is 12.1. The highest BCUT2D eigenvalue weighted by atomic mass is 32.2. The highest BCUT2D eigenvalue weighted by Crippen LogP contribution is 2.23. The lowest BCUT2D eigenvalue weighted by Crippen LogP contribution is -2.41. The molecule has 1 unspecified atom stereocenters. The van der Waals surface area contributed by atoms with Crippen molar-refractivity contribution in [3.8, 4) is 11.5 Å². The number of methoxy groups -OCH3 is 1. The number of amides is 1. The van der Waals surface area contributed by atoms with E-state index in [1.807, 2.05) is 6.26 Å². The first kappa shape index (κ1) is 16.2. The summed E-state index contributed by atoms with van der Waals surface area (Å²) in [4.78, 5) is 23.0. The lowest BCUT2D eigenvalue weighted by atomic mass is 10.1. The number of carbonyl (C=O) groups excluding carboxylic acids is 1. The van der Waals surface area contributed by atoms with E-state index in [0.717, 1.165) is 0 Å². The quantitative estimate of drug-likeness (QED) is 0.703. The minimum atomic E-state index is -1.10. The van der Waals surface area contributed by atoms with Crippen LogP contribution in [0, 0.1) is 0 Å². The van der Waals surface area contributed by atoms with Gasteiger partial charge in [-0.2, -0.15) is 11.8 Å². The third kappa shape index (κ3) is 4.34. The van der Waals surface area contributed by atoms with Crippen molar-refractivity contribution in [2.45, 2.75) is 12.5 Å². The Hall–Kier alpha value is -1.89. The Labute approximate surface area is 121 Å². The van der Waals surface area contributed by atoms with Crippen LogP contribution in [0.5, 0.6) is 11.5 Å². The number of aromatic hydroxyl groups is 1. The number of rotatable bonds is 7. The van der Waals surface area contributed by atoms with Crippen molar-refractivity contribution in [1.82, 2.24) is 5.32 Å². The molecule has 0 aliphatic rings. The molecule has 6 nitrogen and oxygen atoms in total. The first-order chi connectivity index (χ1) is 9.49. The van der Waals surface area contributed by atoms with Gasteiger partial charge in [0.05, 0.1) is 12.7 Å². The van der Waals surface area contributed by atoms with Gasteiger partial charge in [0, 0.05) is 6.07 Å². The average Bonchev–Trinajstić information content (AvgIpc) is 2.42. The number of hydrogen-bond acceptors (Lipinski definition) is 5.